The fourth-order valence-corrected chi connectivity index (χ4v) is 4.23. The summed E-state index contributed by atoms with van der Waals surface area (Å²) in [7, 11) is -4.80. The Kier molecular flexibility index (Phi) is 4.82. The number of hydrogen-bond donors (Lipinski definition) is 2. The minimum atomic E-state index is -4.80. The lowest BCUT2D eigenvalue weighted by Gasteiger charge is -2.09. The first kappa shape index (κ1) is 18.8. The minimum Gasteiger partial charge on any atom is -0.505 e. The lowest BCUT2D eigenvalue weighted by atomic mass is 10.2. The maximum absolute atomic E-state index is 13.6. The number of phenolic OH excluding ortho intramolecular Hbond substituents is 1. The highest BCUT2D eigenvalue weighted by Crippen LogP contribution is 2.45. The molecule has 26 heavy (non-hydrogen) atoms. The van der Waals surface area contributed by atoms with Gasteiger partial charge < -0.3 is 13.7 Å². The zero-order valence-electron chi connectivity index (χ0n) is 12.5. The van der Waals surface area contributed by atoms with Crippen molar-refractivity contribution in [2.75, 3.05) is 0 Å². The van der Waals surface area contributed by atoms with E-state index in [0.29, 0.717) is 5.56 Å². The lowest BCUT2D eigenvalue weighted by Crippen LogP contribution is -2.08. The molecule has 3 aromatic rings. The molecule has 1 heterocycles. The molecule has 0 fully saturated rings. The highest BCUT2D eigenvalue weighted by molar-refractivity contribution is 9.11. The number of hydrogen-bond acceptors (Lipinski definition) is 6. The van der Waals surface area contributed by atoms with E-state index in [1.165, 1.54) is 12.1 Å². The average Bonchev–Trinajstić information content (AvgIpc) is 2.99. The molecule has 0 atom stereocenters. The molecule has 2 N–H and O–H groups in total. The summed E-state index contributed by atoms with van der Waals surface area (Å²) in [6.07, 6.45) is 1.36. The number of aromatic hydroxyl groups is 1. The van der Waals surface area contributed by atoms with Gasteiger partial charge in [-0.1, -0.05) is 12.7 Å². The van der Waals surface area contributed by atoms with Crippen molar-refractivity contribution in [3.05, 3.63) is 45.1 Å². The van der Waals surface area contributed by atoms with E-state index in [-0.39, 0.29) is 37.2 Å². The number of fused-ring (bicyclic) bond motifs is 1. The van der Waals surface area contributed by atoms with Crippen LogP contribution in [-0.2, 0) is 10.4 Å². The molecule has 0 radical (unpaired) electrons. The number of nitrogens with zero attached hydrogens (tertiary/aromatic N) is 1. The van der Waals surface area contributed by atoms with E-state index in [4.69, 9.17) is 8.97 Å². The van der Waals surface area contributed by atoms with E-state index >= 15 is 0 Å². The van der Waals surface area contributed by atoms with Crippen molar-refractivity contribution in [3.8, 4) is 23.0 Å². The van der Waals surface area contributed by atoms with Crippen LogP contribution in [0.5, 0.6) is 11.5 Å². The SMILES string of the molecule is C=Cc1c(Br)c(OS(=O)(=O)O)c(Br)c2nc(-c3ccc(O)c(F)c3)oc12. The first-order valence-electron chi connectivity index (χ1n) is 6.72. The fourth-order valence-electron chi connectivity index (χ4n) is 2.20. The van der Waals surface area contributed by atoms with E-state index in [0.717, 1.165) is 12.1 Å². The van der Waals surface area contributed by atoms with Crippen LogP contribution in [0.25, 0.3) is 28.6 Å². The normalized spacial score (nSPS) is 11.7. The van der Waals surface area contributed by atoms with Gasteiger partial charge in [-0.05, 0) is 50.1 Å². The van der Waals surface area contributed by atoms with Gasteiger partial charge in [0.25, 0.3) is 0 Å². The predicted octanol–water partition coefficient (Wildman–Crippen LogP) is 4.69. The molecule has 0 bridgehead atoms. The summed E-state index contributed by atoms with van der Waals surface area (Å²) < 4.78 is 55.2. The van der Waals surface area contributed by atoms with Crippen LogP contribution in [0, 0.1) is 5.82 Å². The van der Waals surface area contributed by atoms with Crippen LogP contribution in [0.1, 0.15) is 5.56 Å². The Hall–Kier alpha value is -1.95. The number of benzene rings is 2. The molecule has 11 heteroatoms. The second-order valence-electron chi connectivity index (χ2n) is 4.95. The van der Waals surface area contributed by atoms with E-state index in [9.17, 15) is 17.9 Å². The van der Waals surface area contributed by atoms with Crippen molar-refractivity contribution in [2.45, 2.75) is 0 Å². The van der Waals surface area contributed by atoms with Gasteiger partial charge in [0.15, 0.2) is 22.9 Å². The topological polar surface area (TPSA) is 110 Å². The maximum Gasteiger partial charge on any atom is 0.446 e. The quantitative estimate of drug-likeness (QED) is 0.492. The molecular weight excluding hydrogens is 501 g/mol. The number of halogens is 3. The third-order valence-electron chi connectivity index (χ3n) is 3.30. The highest BCUT2D eigenvalue weighted by atomic mass is 79.9. The summed E-state index contributed by atoms with van der Waals surface area (Å²) in [5.41, 5.74) is 0.918. The molecule has 0 saturated carbocycles. The molecule has 2 aromatic carbocycles. The van der Waals surface area contributed by atoms with Crippen molar-refractivity contribution in [2.24, 2.45) is 0 Å². The van der Waals surface area contributed by atoms with Gasteiger partial charge in [-0.2, -0.15) is 8.42 Å². The molecule has 1 aromatic heterocycles. The van der Waals surface area contributed by atoms with Gasteiger partial charge >= 0.3 is 10.4 Å². The van der Waals surface area contributed by atoms with Crippen LogP contribution in [-0.4, -0.2) is 23.1 Å². The molecular formula is C15H8Br2FNO6S. The van der Waals surface area contributed by atoms with Crippen LogP contribution in [0.2, 0.25) is 0 Å². The monoisotopic (exact) mass is 507 g/mol. The van der Waals surface area contributed by atoms with Crippen LogP contribution >= 0.6 is 31.9 Å². The van der Waals surface area contributed by atoms with Crippen molar-refractivity contribution >= 4 is 59.4 Å². The second-order valence-corrected chi connectivity index (χ2v) is 7.56. The highest BCUT2D eigenvalue weighted by Gasteiger charge is 2.25. The zero-order chi connectivity index (χ0) is 19.2. The molecule has 0 amide bonds. The standard InChI is InChI=1S/C15H8Br2FNO6S/c1-2-7-10(16)14(25-26(21,22)23)11(17)12-13(7)24-15(19-12)6-3-4-9(20)8(18)5-6/h2-5,20H,1H2,(H,21,22,23). The van der Waals surface area contributed by atoms with Crippen LogP contribution in [0.4, 0.5) is 4.39 Å². The predicted molar refractivity (Wildman–Crippen MR) is 98.7 cm³/mol. The van der Waals surface area contributed by atoms with Gasteiger partial charge in [-0.15, -0.1) is 0 Å². The number of phenols is 1. The summed E-state index contributed by atoms with van der Waals surface area (Å²) in [6.45, 7) is 3.62. The Morgan fingerprint density at radius 1 is 1.31 bits per heavy atom. The van der Waals surface area contributed by atoms with Gasteiger partial charge in [-0.25, -0.2) is 9.37 Å². The third-order valence-corrected chi connectivity index (χ3v) is 5.20. The zero-order valence-corrected chi connectivity index (χ0v) is 16.5. The second kappa shape index (κ2) is 6.65. The molecule has 0 unspecified atom stereocenters. The van der Waals surface area contributed by atoms with Gasteiger partial charge in [-0.3, -0.25) is 4.55 Å². The molecule has 136 valence electrons. The van der Waals surface area contributed by atoms with Crippen LogP contribution in [0.3, 0.4) is 0 Å². The smallest absolute Gasteiger partial charge is 0.446 e. The summed E-state index contributed by atoms with van der Waals surface area (Å²) in [4.78, 5) is 4.21. The molecule has 0 aliphatic rings. The Labute approximate surface area is 163 Å². The van der Waals surface area contributed by atoms with Crippen LogP contribution < -0.4 is 4.18 Å². The molecule has 0 saturated heterocycles. The van der Waals surface area contributed by atoms with Gasteiger partial charge in [0.2, 0.25) is 5.89 Å². The average molecular weight is 509 g/mol. The van der Waals surface area contributed by atoms with Crippen molar-refractivity contribution in [1.82, 2.24) is 4.98 Å². The fraction of sp³-hybridized carbons (Fsp3) is 0. The number of rotatable bonds is 4. The molecule has 0 aliphatic carbocycles. The summed E-state index contributed by atoms with van der Waals surface area (Å²) in [5.74, 6) is -1.63. The molecule has 0 spiro atoms. The molecule has 0 aliphatic heterocycles. The first-order valence-corrected chi connectivity index (χ1v) is 9.67. The Morgan fingerprint density at radius 2 is 2.00 bits per heavy atom. The third kappa shape index (κ3) is 3.34. The van der Waals surface area contributed by atoms with Crippen molar-refractivity contribution in [1.29, 1.82) is 0 Å². The van der Waals surface area contributed by atoms with E-state index < -0.39 is 22.0 Å². The number of aromatic nitrogens is 1. The summed E-state index contributed by atoms with van der Waals surface area (Å²) >= 11 is 6.33. The minimum absolute atomic E-state index is 0.0126. The summed E-state index contributed by atoms with van der Waals surface area (Å²) in [6, 6.07) is 3.58. The van der Waals surface area contributed by atoms with Crippen LogP contribution in [0.15, 0.2) is 38.1 Å². The van der Waals surface area contributed by atoms with Crippen molar-refractivity contribution in [3.63, 3.8) is 0 Å². The molecule has 7 nitrogen and oxygen atoms in total. The maximum atomic E-state index is 13.6. The van der Waals surface area contributed by atoms with E-state index in [1.54, 1.807) is 0 Å². The van der Waals surface area contributed by atoms with Gasteiger partial charge in [0.1, 0.15) is 5.52 Å². The Morgan fingerprint density at radius 3 is 2.58 bits per heavy atom. The lowest BCUT2D eigenvalue weighted by molar-refractivity contribution is 0.385. The van der Waals surface area contributed by atoms with Gasteiger partial charge in [0, 0.05) is 11.1 Å². The number of oxazole rings is 1. The summed E-state index contributed by atoms with van der Waals surface area (Å²) in [5, 5.41) is 9.29. The van der Waals surface area contributed by atoms with Gasteiger partial charge in [0.05, 0.1) is 8.95 Å². The molecule has 3 rings (SSSR count). The van der Waals surface area contributed by atoms with E-state index in [1.807, 2.05) is 0 Å². The first-order chi connectivity index (χ1) is 12.1. The largest absolute Gasteiger partial charge is 0.505 e. The Balaban J connectivity index is 2.30. The van der Waals surface area contributed by atoms with E-state index in [2.05, 4.69) is 47.6 Å². The van der Waals surface area contributed by atoms with Crippen molar-refractivity contribution < 1.29 is 31.1 Å². The Bertz CT molecular complexity index is 1160.